The highest BCUT2D eigenvalue weighted by molar-refractivity contribution is 7.92. The van der Waals surface area contributed by atoms with Crippen molar-refractivity contribution in [1.29, 1.82) is 0 Å². The maximum Gasteiger partial charge on any atom is 0.435 e. The number of aryl methyl sites for hydroxylation is 1. The molecule has 0 spiro atoms. The Morgan fingerprint density at radius 3 is 2.02 bits per heavy atom. The van der Waals surface area contributed by atoms with Gasteiger partial charge in [-0.3, -0.25) is 4.79 Å². The topological polar surface area (TPSA) is 77.2 Å². The monoisotopic (exact) mass is 611 g/mol. The van der Waals surface area contributed by atoms with E-state index in [2.05, 4.69) is 0 Å². The van der Waals surface area contributed by atoms with Gasteiger partial charge in [0.1, 0.15) is 10.6 Å². The van der Waals surface area contributed by atoms with Crippen molar-refractivity contribution < 1.29 is 48.3 Å². The first-order valence-electron chi connectivity index (χ1n) is 12.9. The van der Waals surface area contributed by atoms with Crippen LogP contribution in [0.4, 0.5) is 35.1 Å². The number of sulfone groups is 1. The van der Waals surface area contributed by atoms with E-state index in [1.165, 1.54) is 0 Å². The maximum atomic E-state index is 14.9. The van der Waals surface area contributed by atoms with E-state index in [1.807, 2.05) is 0 Å². The highest BCUT2D eigenvalue weighted by Gasteiger charge is 2.74. The van der Waals surface area contributed by atoms with E-state index < -0.39 is 73.1 Å². The van der Waals surface area contributed by atoms with Gasteiger partial charge < -0.3 is 5.73 Å². The van der Waals surface area contributed by atoms with Gasteiger partial charge in [0.05, 0.1) is 4.90 Å². The second-order valence-electron chi connectivity index (χ2n) is 11.6. The van der Waals surface area contributed by atoms with Gasteiger partial charge in [-0.2, -0.15) is 26.3 Å². The largest absolute Gasteiger partial charge is 0.435 e. The van der Waals surface area contributed by atoms with Gasteiger partial charge in [-0.05, 0) is 78.8 Å². The minimum absolute atomic E-state index is 0.0258. The predicted molar refractivity (Wildman–Crippen MR) is 133 cm³/mol. The number of amides is 1. The molecule has 0 aliphatic heterocycles. The van der Waals surface area contributed by atoms with E-state index in [1.54, 1.807) is 20.8 Å². The molecule has 1 amide bonds. The molecule has 0 unspecified atom stereocenters. The molecule has 0 heterocycles. The summed E-state index contributed by atoms with van der Waals surface area (Å²) in [6, 6.07) is 5.59. The minimum atomic E-state index is -6.33. The molecule has 2 aromatic rings. The number of benzene rings is 2. The summed E-state index contributed by atoms with van der Waals surface area (Å²) in [5.74, 6) is -2.93. The Labute approximate surface area is 232 Å². The normalized spacial score (nSPS) is 24.5. The lowest BCUT2D eigenvalue weighted by Crippen LogP contribution is -2.51. The predicted octanol–water partition coefficient (Wildman–Crippen LogP) is 6.90. The summed E-state index contributed by atoms with van der Waals surface area (Å²) in [6.07, 6.45) is -12.6. The van der Waals surface area contributed by atoms with Crippen molar-refractivity contribution in [3.05, 3.63) is 65.0 Å². The standard InChI is InChI=1S/C28H29F8NO3S/c1-15(24(2,3)23(37)38)20-12-13-25(41(39,40)19-8-6-18(29)7-9-19)21-11-5-17(14-16(21)4-10-22(20)25)26(30,27(31,32)33)28(34,35)36/h5-9,11,14-15,20,22H,4,10,12-13H2,1-3H3,(H2,37,38)/t15-,20+,22-,25+/m0/s1. The fraction of sp³-hybridized carbons (Fsp3) is 0.536. The van der Waals surface area contributed by atoms with Crippen LogP contribution in [-0.4, -0.2) is 26.7 Å². The Morgan fingerprint density at radius 1 is 0.951 bits per heavy atom. The second-order valence-corrected chi connectivity index (χ2v) is 13.8. The number of alkyl halides is 7. The Balaban J connectivity index is 1.96. The first-order chi connectivity index (χ1) is 18.6. The molecule has 0 aromatic heterocycles. The third-order valence-electron chi connectivity index (χ3n) is 9.45. The lowest BCUT2D eigenvalue weighted by molar-refractivity contribution is -0.348. The molecule has 1 saturated carbocycles. The van der Waals surface area contributed by atoms with E-state index in [9.17, 15) is 48.3 Å². The SMILES string of the molecule is C[C@@H]([C@H]1CC[C@@]2(S(=O)(=O)c3ccc(F)cc3)c3ccc(C(F)(C(F)(F)F)C(F)(F)F)cc3CC[C@@H]12)C(C)(C)C(N)=O. The molecule has 2 N–H and O–H groups in total. The number of carbonyl (C=O) groups excluding carboxylic acids is 1. The van der Waals surface area contributed by atoms with Crippen LogP contribution in [0.25, 0.3) is 0 Å². The zero-order chi connectivity index (χ0) is 31.0. The van der Waals surface area contributed by atoms with Crippen LogP contribution in [-0.2, 0) is 31.5 Å². The summed E-state index contributed by atoms with van der Waals surface area (Å²) < 4.78 is 137. The molecule has 1 fully saturated rings. The summed E-state index contributed by atoms with van der Waals surface area (Å²) in [4.78, 5) is 12.0. The van der Waals surface area contributed by atoms with Gasteiger partial charge in [-0.15, -0.1) is 0 Å². The van der Waals surface area contributed by atoms with Crippen LogP contribution in [0.1, 0.15) is 56.7 Å². The van der Waals surface area contributed by atoms with E-state index in [4.69, 9.17) is 5.73 Å². The molecule has 4 nitrogen and oxygen atoms in total. The fourth-order valence-corrected chi connectivity index (χ4v) is 9.26. The second kappa shape index (κ2) is 9.67. The van der Waals surface area contributed by atoms with Crippen molar-refractivity contribution in [3.63, 3.8) is 0 Å². The molecule has 41 heavy (non-hydrogen) atoms. The third kappa shape index (κ3) is 4.44. The molecule has 4 atom stereocenters. The van der Waals surface area contributed by atoms with E-state index in [-0.39, 0.29) is 41.7 Å². The molecule has 226 valence electrons. The summed E-state index contributed by atoms with van der Waals surface area (Å²) in [7, 11) is -4.45. The maximum absolute atomic E-state index is 14.9. The van der Waals surface area contributed by atoms with Crippen molar-refractivity contribution in [2.45, 2.75) is 74.1 Å². The van der Waals surface area contributed by atoms with Gasteiger partial charge in [0, 0.05) is 11.0 Å². The van der Waals surface area contributed by atoms with Gasteiger partial charge in [-0.25, -0.2) is 17.2 Å². The summed E-state index contributed by atoms with van der Waals surface area (Å²) in [6.45, 7) is 4.98. The number of nitrogens with two attached hydrogens (primary N) is 1. The van der Waals surface area contributed by atoms with Crippen molar-refractivity contribution >= 4 is 15.7 Å². The van der Waals surface area contributed by atoms with Crippen LogP contribution in [0, 0.1) is 29.0 Å². The van der Waals surface area contributed by atoms with Crippen LogP contribution < -0.4 is 5.73 Å². The number of carbonyl (C=O) groups is 1. The Bertz CT molecular complexity index is 1440. The summed E-state index contributed by atoms with van der Waals surface area (Å²) in [5.41, 5.74) is -2.99. The first-order valence-corrected chi connectivity index (χ1v) is 14.4. The molecular formula is C28H29F8NO3S. The molecule has 0 bridgehead atoms. The highest BCUT2D eigenvalue weighted by atomic mass is 32.2. The summed E-state index contributed by atoms with van der Waals surface area (Å²) >= 11 is 0. The quantitative estimate of drug-likeness (QED) is 0.285. The van der Waals surface area contributed by atoms with E-state index in [0.29, 0.717) is 12.1 Å². The number of halogens is 8. The zero-order valence-corrected chi connectivity index (χ0v) is 23.2. The molecule has 0 saturated heterocycles. The van der Waals surface area contributed by atoms with Gasteiger partial charge in [0.2, 0.25) is 5.91 Å². The van der Waals surface area contributed by atoms with Crippen molar-refractivity contribution in [2.75, 3.05) is 0 Å². The van der Waals surface area contributed by atoms with Gasteiger partial charge in [0.15, 0.2) is 9.84 Å². The number of primary amides is 1. The van der Waals surface area contributed by atoms with Crippen LogP contribution in [0.2, 0.25) is 0 Å². The van der Waals surface area contributed by atoms with Crippen molar-refractivity contribution in [1.82, 2.24) is 0 Å². The molecule has 13 heteroatoms. The van der Waals surface area contributed by atoms with Crippen molar-refractivity contribution in [2.24, 2.45) is 28.9 Å². The molecule has 2 aromatic carbocycles. The lowest BCUT2D eigenvalue weighted by atomic mass is 9.65. The molecule has 4 rings (SSSR count). The summed E-state index contributed by atoms with van der Waals surface area (Å²) in [5, 5.41) is 0. The molecule has 2 aliphatic carbocycles. The average Bonchev–Trinajstić information content (AvgIpc) is 3.27. The number of fused-ring (bicyclic) bond motifs is 3. The number of hydrogen-bond acceptors (Lipinski definition) is 3. The van der Waals surface area contributed by atoms with Crippen LogP contribution in [0.3, 0.4) is 0 Å². The first kappa shape index (κ1) is 31.2. The Kier molecular flexibility index (Phi) is 7.37. The van der Waals surface area contributed by atoms with Crippen molar-refractivity contribution in [3.8, 4) is 0 Å². The number of hydrogen-bond donors (Lipinski definition) is 1. The molecule has 2 aliphatic rings. The van der Waals surface area contributed by atoms with Crippen LogP contribution in [0.15, 0.2) is 47.4 Å². The van der Waals surface area contributed by atoms with Crippen LogP contribution in [0.5, 0.6) is 0 Å². The number of rotatable bonds is 6. The van der Waals surface area contributed by atoms with Gasteiger partial charge in [-0.1, -0.05) is 39.0 Å². The van der Waals surface area contributed by atoms with Crippen LogP contribution >= 0.6 is 0 Å². The molecular weight excluding hydrogens is 582 g/mol. The highest BCUT2D eigenvalue weighted by Crippen LogP contribution is 2.63. The molecule has 0 radical (unpaired) electrons. The van der Waals surface area contributed by atoms with Gasteiger partial charge >= 0.3 is 18.0 Å². The minimum Gasteiger partial charge on any atom is -0.369 e. The average molecular weight is 612 g/mol. The smallest absolute Gasteiger partial charge is 0.369 e. The lowest BCUT2D eigenvalue weighted by Gasteiger charge is -2.45. The van der Waals surface area contributed by atoms with E-state index in [0.717, 1.165) is 30.3 Å². The Hall–Kier alpha value is -2.70. The third-order valence-corrected chi connectivity index (χ3v) is 12.0. The zero-order valence-electron chi connectivity index (χ0n) is 22.3. The van der Waals surface area contributed by atoms with Gasteiger partial charge in [0.25, 0.3) is 0 Å². The Morgan fingerprint density at radius 2 is 1.51 bits per heavy atom. The van der Waals surface area contributed by atoms with E-state index >= 15 is 0 Å². The fourth-order valence-electron chi connectivity index (χ4n) is 6.78.